The number of piperazine rings is 1. The summed E-state index contributed by atoms with van der Waals surface area (Å²) in [7, 11) is 0. The molecule has 0 bridgehead atoms. The van der Waals surface area contributed by atoms with Gasteiger partial charge in [-0.2, -0.15) is 13.2 Å². The van der Waals surface area contributed by atoms with Crippen molar-refractivity contribution in [2.75, 3.05) is 18.0 Å². The standard InChI is InChI=1S/C13H16F4N2/c1-8-6-19(7-9(2)18-8)10-3-4-11(12(14)5-10)13(15,16)17/h3-5,8-9,18H,6-7H2,1-2H3/t8-,9+. The minimum Gasteiger partial charge on any atom is -0.368 e. The zero-order valence-electron chi connectivity index (χ0n) is 10.8. The van der Waals surface area contributed by atoms with Gasteiger partial charge in [0.05, 0.1) is 5.56 Å². The van der Waals surface area contributed by atoms with Crippen LogP contribution in [0.1, 0.15) is 19.4 Å². The summed E-state index contributed by atoms with van der Waals surface area (Å²) < 4.78 is 51.0. The van der Waals surface area contributed by atoms with Crippen LogP contribution in [0.5, 0.6) is 0 Å². The van der Waals surface area contributed by atoms with Gasteiger partial charge >= 0.3 is 6.18 Å². The highest BCUT2D eigenvalue weighted by Crippen LogP contribution is 2.33. The molecule has 0 radical (unpaired) electrons. The molecular weight excluding hydrogens is 260 g/mol. The van der Waals surface area contributed by atoms with Crippen molar-refractivity contribution in [2.45, 2.75) is 32.1 Å². The molecule has 1 aliphatic heterocycles. The van der Waals surface area contributed by atoms with Crippen LogP contribution in [-0.2, 0) is 6.18 Å². The van der Waals surface area contributed by atoms with Crippen LogP contribution in [0.3, 0.4) is 0 Å². The summed E-state index contributed by atoms with van der Waals surface area (Å²) in [5.41, 5.74) is -0.724. The van der Waals surface area contributed by atoms with Gasteiger partial charge in [0, 0.05) is 30.9 Å². The van der Waals surface area contributed by atoms with Crippen LogP contribution in [0.15, 0.2) is 18.2 Å². The molecule has 0 spiro atoms. The molecule has 1 aliphatic rings. The summed E-state index contributed by atoms with van der Waals surface area (Å²) >= 11 is 0. The third-order valence-electron chi connectivity index (χ3n) is 3.18. The smallest absolute Gasteiger partial charge is 0.368 e. The molecule has 2 atom stereocenters. The van der Waals surface area contributed by atoms with Crippen LogP contribution in [-0.4, -0.2) is 25.2 Å². The lowest BCUT2D eigenvalue weighted by molar-refractivity contribution is -0.139. The minimum absolute atomic E-state index is 0.217. The Morgan fingerprint density at radius 3 is 2.21 bits per heavy atom. The molecular formula is C13H16F4N2. The first-order chi connectivity index (χ1) is 8.77. The first-order valence-corrected chi connectivity index (χ1v) is 6.15. The number of nitrogens with zero attached hydrogens (tertiary/aromatic N) is 1. The van der Waals surface area contributed by atoms with Crippen LogP contribution >= 0.6 is 0 Å². The number of hydrogen-bond acceptors (Lipinski definition) is 2. The van der Waals surface area contributed by atoms with Crippen molar-refractivity contribution in [1.82, 2.24) is 5.32 Å². The molecule has 1 N–H and O–H groups in total. The molecule has 2 nitrogen and oxygen atoms in total. The van der Waals surface area contributed by atoms with Gasteiger partial charge in [-0.25, -0.2) is 4.39 Å². The maximum atomic E-state index is 13.5. The highest BCUT2D eigenvalue weighted by atomic mass is 19.4. The predicted molar refractivity (Wildman–Crippen MR) is 65.7 cm³/mol. The van der Waals surface area contributed by atoms with E-state index >= 15 is 0 Å². The Hall–Kier alpha value is -1.30. The molecule has 0 aliphatic carbocycles. The molecule has 0 unspecified atom stereocenters. The molecule has 6 heteroatoms. The van der Waals surface area contributed by atoms with Gasteiger partial charge in [0.2, 0.25) is 0 Å². The largest absolute Gasteiger partial charge is 0.419 e. The lowest BCUT2D eigenvalue weighted by atomic mass is 10.1. The predicted octanol–water partition coefficient (Wildman–Crippen LogP) is 3.03. The normalized spacial score (nSPS) is 24.6. The van der Waals surface area contributed by atoms with Crippen molar-refractivity contribution in [3.63, 3.8) is 0 Å². The highest BCUT2D eigenvalue weighted by Gasteiger charge is 2.34. The molecule has 0 saturated carbocycles. The zero-order chi connectivity index (χ0) is 14.2. The van der Waals surface area contributed by atoms with Crippen molar-refractivity contribution >= 4 is 5.69 Å². The maximum absolute atomic E-state index is 13.5. The third kappa shape index (κ3) is 3.18. The van der Waals surface area contributed by atoms with Gasteiger partial charge in [0.1, 0.15) is 5.82 Å². The van der Waals surface area contributed by atoms with Crippen molar-refractivity contribution in [3.05, 3.63) is 29.6 Å². The fraction of sp³-hybridized carbons (Fsp3) is 0.538. The number of hydrogen-bond donors (Lipinski definition) is 1. The molecule has 1 heterocycles. The summed E-state index contributed by atoms with van der Waals surface area (Å²) in [5.74, 6) is -1.22. The number of anilines is 1. The van der Waals surface area contributed by atoms with E-state index in [0.29, 0.717) is 18.8 Å². The summed E-state index contributed by atoms with van der Waals surface area (Å²) in [5, 5.41) is 3.31. The molecule has 19 heavy (non-hydrogen) atoms. The van der Waals surface area contributed by atoms with Gasteiger partial charge in [-0.15, -0.1) is 0 Å². The highest BCUT2D eigenvalue weighted by molar-refractivity contribution is 5.49. The van der Waals surface area contributed by atoms with Crippen molar-refractivity contribution < 1.29 is 17.6 Å². The first kappa shape index (κ1) is 14.1. The summed E-state index contributed by atoms with van der Waals surface area (Å²) in [6.45, 7) is 5.27. The Balaban J connectivity index is 2.25. The quantitative estimate of drug-likeness (QED) is 0.793. The van der Waals surface area contributed by atoms with Gasteiger partial charge in [-0.1, -0.05) is 0 Å². The van der Waals surface area contributed by atoms with Gasteiger partial charge in [-0.05, 0) is 32.0 Å². The van der Waals surface area contributed by atoms with E-state index in [2.05, 4.69) is 5.32 Å². The fourth-order valence-electron chi connectivity index (χ4n) is 2.47. The van der Waals surface area contributed by atoms with Gasteiger partial charge < -0.3 is 10.2 Å². The summed E-state index contributed by atoms with van der Waals surface area (Å²) in [4.78, 5) is 1.90. The lowest BCUT2D eigenvalue weighted by Gasteiger charge is -2.37. The second-order valence-corrected chi connectivity index (χ2v) is 5.04. The number of benzene rings is 1. The van der Waals surface area contributed by atoms with E-state index in [4.69, 9.17) is 0 Å². The number of alkyl halides is 3. The zero-order valence-corrected chi connectivity index (χ0v) is 10.8. The van der Waals surface area contributed by atoms with E-state index in [1.54, 1.807) is 0 Å². The van der Waals surface area contributed by atoms with Crippen LogP contribution < -0.4 is 10.2 Å². The van der Waals surface area contributed by atoms with E-state index in [0.717, 1.165) is 12.1 Å². The number of halogens is 4. The van der Waals surface area contributed by atoms with Crippen LogP contribution in [0, 0.1) is 5.82 Å². The third-order valence-corrected chi connectivity index (χ3v) is 3.18. The second-order valence-electron chi connectivity index (χ2n) is 5.04. The molecule has 2 rings (SSSR count). The first-order valence-electron chi connectivity index (χ1n) is 6.15. The van der Waals surface area contributed by atoms with Crippen LogP contribution in [0.2, 0.25) is 0 Å². The van der Waals surface area contributed by atoms with Crippen LogP contribution in [0.25, 0.3) is 0 Å². The Morgan fingerprint density at radius 1 is 1.16 bits per heavy atom. The molecule has 1 saturated heterocycles. The van der Waals surface area contributed by atoms with E-state index in [1.807, 2.05) is 18.7 Å². The summed E-state index contributed by atoms with van der Waals surface area (Å²) in [6, 6.07) is 3.54. The van der Waals surface area contributed by atoms with Gasteiger partial charge in [-0.3, -0.25) is 0 Å². The van der Waals surface area contributed by atoms with E-state index < -0.39 is 17.6 Å². The lowest BCUT2D eigenvalue weighted by Crippen LogP contribution is -2.54. The molecule has 1 aromatic rings. The minimum atomic E-state index is -4.65. The van der Waals surface area contributed by atoms with Crippen molar-refractivity contribution in [1.29, 1.82) is 0 Å². The average molecular weight is 276 g/mol. The maximum Gasteiger partial charge on any atom is 0.419 e. The second kappa shape index (κ2) is 5.00. The van der Waals surface area contributed by atoms with E-state index in [1.165, 1.54) is 6.07 Å². The fourth-order valence-corrected chi connectivity index (χ4v) is 2.47. The topological polar surface area (TPSA) is 15.3 Å². The Morgan fingerprint density at radius 2 is 1.74 bits per heavy atom. The molecule has 1 aromatic carbocycles. The average Bonchev–Trinajstić information content (AvgIpc) is 2.25. The summed E-state index contributed by atoms with van der Waals surface area (Å²) in [6.07, 6.45) is -4.65. The van der Waals surface area contributed by atoms with Crippen molar-refractivity contribution in [2.24, 2.45) is 0 Å². The van der Waals surface area contributed by atoms with E-state index in [9.17, 15) is 17.6 Å². The Labute approximate surface area is 109 Å². The Kier molecular flexibility index (Phi) is 3.71. The number of rotatable bonds is 1. The Bertz CT molecular complexity index is 448. The SMILES string of the molecule is C[C@@H]1CN(c2ccc(C(F)(F)F)c(F)c2)C[C@H](C)N1. The molecule has 0 amide bonds. The molecule has 106 valence electrons. The monoisotopic (exact) mass is 276 g/mol. The van der Waals surface area contributed by atoms with E-state index in [-0.39, 0.29) is 12.1 Å². The van der Waals surface area contributed by atoms with Gasteiger partial charge in [0.15, 0.2) is 0 Å². The van der Waals surface area contributed by atoms with Crippen LogP contribution in [0.4, 0.5) is 23.2 Å². The number of nitrogens with one attached hydrogen (secondary N) is 1. The molecule has 0 aromatic heterocycles. The van der Waals surface area contributed by atoms with Gasteiger partial charge in [0.25, 0.3) is 0 Å². The van der Waals surface area contributed by atoms with Crippen molar-refractivity contribution in [3.8, 4) is 0 Å². The molecule has 1 fully saturated rings.